The number of hydrogen-bond donors (Lipinski definition) is 2. The van der Waals surface area contributed by atoms with E-state index in [0.717, 1.165) is 19.3 Å². The number of sulfonamides is 1. The third kappa shape index (κ3) is 2.69. The Morgan fingerprint density at radius 2 is 2.33 bits per heavy atom. The van der Waals surface area contributed by atoms with Crippen LogP contribution >= 0.6 is 11.6 Å². The van der Waals surface area contributed by atoms with Gasteiger partial charge in [-0.05, 0) is 36.9 Å². The number of nitrogens with one attached hydrogen (secondary N) is 1. The van der Waals surface area contributed by atoms with E-state index in [-0.39, 0.29) is 22.3 Å². The summed E-state index contributed by atoms with van der Waals surface area (Å²) in [5, 5.41) is 0.106. The molecule has 2 rings (SSSR count). The molecule has 1 heterocycles. The van der Waals surface area contributed by atoms with Gasteiger partial charge in [-0.15, -0.1) is 0 Å². The highest BCUT2D eigenvalue weighted by molar-refractivity contribution is 7.89. The number of imidazole rings is 1. The summed E-state index contributed by atoms with van der Waals surface area (Å²) in [6.45, 7) is 0.496. The van der Waals surface area contributed by atoms with E-state index >= 15 is 0 Å². The minimum atomic E-state index is -3.61. The van der Waals surface area contributed by atoms with Gasteiger partial charge in [-0.25, -0.2) is 18.1 Å². The Balaban J connectivity index is 2.17. The molecule has 0 saturated heterocycles. The molecule has 0 spiro atoms. The summed E-state index contributed by atoms with van der Waals surface area (Å²) < 4.78 is 28.4. The summed E-state index contributed by atoms with van der Waals surface area (Å²) in [6, 6.07) is -0.0965. The smallest absolute Gasteiger partial charge is 0.259 e. The SMILES string of the molecule is Cn1cc(S(=O)(=O)NC2CCCC2CN)nc1Cl. The van der Waals surface area contributed by atoms with Gasteiger partial charge in [0.15, 0.2) is 5.03 Å². The number of halogens is 1. The van der Waals surface area contributed by atoms with Crippen LogP contribution in [0.25, 0.3) is 0 Å². The fourth-order valence-corrected chi connectivity index (χ4v) is 3.80. The Labute approximate surface area is 112 Å². The van der Waals surface area contributed by atoms with Crippen LogP contribution in [0.1, 0.15) is 19.3 Å². The van der Waals surface area contributed by atoms with Crippen LogP contribution in [-0.2, 0) is 17.1 Å². The lowest BCUT2D eigenvalue weighted by Gasteiger charge is -2.18. The van der Waals surface area contributed by atoms with Crippen LogP contribution in [0.5, 0.6) is 0 Å². The van der Waals surface area contributed by atoms with E-state index in [1.54, 1.807) is 7.05 Å². The van der Waals surface area contributed by atoms with Crippen LogP contribution in [0, 0.1) is 5.92 Å². The van der Waals surface area contributed by atoms with Crippen molar-refractivity contribution in [3.63, 3.8) is 0 Å². The molecule has 0 aliphatic heterocycles. The lowest BCUT2D eigenvalue weighted by Crippen LogP contribution is -2.39. The first-order valence-electron chi connectivity index (χ1n) is 5.85. The maximum absolute atomic E-state index is 12.1. The molecular formula is C10H17ClN4O2S. The molecule has 1 saturated carbocycles. The van der Waals surface area contributed by atoms with E-state index in [1.165, 1.54) is 10.8 Å². The number of aryl methyl sites for hydroxylation is 1. The first kappa shape index (κ1) is 13.8. The average Bonchev–Trinajstić information content (AvgIpc) is 2.86. The minimum Gasteiger partial charge on any atom is -0.330 e. The quantitative estimate of drug-likeness (QED) is 0.844. The van der Waals surface area contributed by atoms with Crippen molar-refractivity contribution in [2.75, 3.05) is 6.54 Å². The molecule has 8 heteroatoms. The summed E-state index contributed by atoms with van der Waals surface area (Å²) in [5.41, 5.74) is 5.63. The predicted molar refractivity (Wildman–Crippen MR) is 68.7 cm³/mol. The van der Waals surface area contributed by atoms with Crippen LogP contribution in [0.2, 0.25) is 5.28 Å². The molecule has 102 valence electrons. The third-order valence-electron chi connectivity index (χ3n) is 3.34. The van der Waals surface area contributed by atoms with Gasteiger partial charge in [-0.1, -0.05) is 6.42 Å². The van der Waals surface area contributed by atoms with Gasteiger partial charge in [-0.3, -0.25) is 0 Å². The molecular weight excluding hydrogens is 276 g/mol. The molecule has 0 bridgehead atoms. The van der Waals surface area contributed by atoms with Gasteiger partial charge in [0.1, 0.15) is 0 Å². The van der Waals surface area contributed by atoms with E-state index in [1.807, 2.05) is 0 Å². The molecule has 1 aliphatic carbocycles. The topological polar surface area (TPSA) is 90.0 Å². The third-order valence-corrected chi connectivity index (χ3v) is 5.05. The van der Waals surface area contributed by atoms with E-state index in [2.05, 4.69) is 9.71 Å². The Hall–Kier alpha value is -0.630. The first-order valence-corrected chi connectivity index (χ1v) is 7.71. The highest BCUT2D eigenvalue weighted by atomic mass is 35.5. The van der Waals surface area contributed by atoms with Crippen LogP contribution in [0.15, 0.2) is 11.2 Å². The molecule has 3 N–H and O–H groups in total. The fourth-order valence-electron chi connectivity index (χ4n) is 2.28. The standard InChI is InChI=1S/C10H17ClN4O2S/c1-15-6-9(13-10(15)11)18(16,17)14-8-4-2-3-7(8)5-12/h6-8,14H,2-5,12H2,1H3. The molecule has 0 amide bonds. The predicted octanol–water partition coefficient (Wildman–Crippen LogP) is 0.479. The van der Waals surface area contributed by atoms with Crippen molar-refractivity contribution in [1.29, 1.82) is 0 Å². The molecule has 0 radical (unpaired) electrons. The second kappa shape index (κ2) is 5.16. The number of hydrogen-bond acceptors (Lipinski definition) is 4. The van der Waals surface area contributed by atoms with Crippen molar-refractivity contribution in [3.05, 3.63) is 11.5 Å². The molecule has 1 aromatic heterocycles. The fraction of sp³-hybridized carbons (Fsp3) is 0.700. The average molecular weight is 293 g/mol. The molecule has 1 fully saturated rings. The van der Waals surface area contributed by atoms with Crippen molar-refractivity contribution in [1.82, 2.24) is 14.3 Å². The Bertz CT molecular complexity index is 508. The Kier molecular flexibility index (Phi) is 3.96. The lowest BCUT2D eigenvalue weighted by atomic mass is 10.1. The molecule has 0 aromatic carbocycles. The Morgan fingerprint density at radius 3 is 2.89 bits per heavy atom. The summed E-state index contributed by atoms with van der Waals surface area (Å²) in [5.74, 6) is 0.207. The van der Waals surface area contributed by atoms with Gasteiger partial charge in [0.25, 0.3) is 10.0 Å². The van der Waals surface area contributed by atoms with Gasteiger partial charge in [-0.2, -0.15) is 0 Å². The van der Waals surface area contributed by atoms with Gasteiger partial charge < -0.3 is 10.3 Å². The lowest BCUT2D eigenvalue weighted by molar-refractivity contribution is 0.452. The van der Waals surface area contributed by atoms with Gasteiger partial charge in [0, 0.05) is 19.3 Å². The summed E-state index contributed by atoms with van der Waals surface area (Å²) >= 11 is 5.75. The molecule has 18 heavy (non-hydrogen) atoms. The monoisotopic (exact) mass is 292 g/mol. The van der Waals surface area contributed by atoms with Gasteiger partial charge >= 0.3 is 0 Å². The number of aromatic nitrogens is 2. The first-order chi connectivity index (χ1) is 8.44. The largest absolute Gasteiger partial charge is 0.330 e. The van der Waals surface area contributed by atoms with E-state index in [0.29, 0.717) is 6.54 Å². The number of nitrogens with zero attached hydrogens (tertiary/aromatic N) is 2. The van der Waals surface area contributed by atoms with Gasteiger partial charge in [0.2, 0.25) is 5.28 Å². The highest BCUT2D eigenvalue weighted by Crippen LogP contribution is 2.26. The maximum Gasteiger partial charge on any atom is 0.259 e. The summed E-state index contributed by atoms with van der Waals surface area (Å²) in [7, 11) is -1.96. The zero-order valence-electron chi connectivity index (χ0n) is 10.1. The molecule has 2 unspecified atom stereocenters. The van der Waals surface area contributed by atoms with Crippen molar-refractivity contribution >= 4 is 21.6 Å². The van der Waals surface area contributed by atoms with E-state index < -0.39 is 10.0 Å². The highest BCUT2D eigenvalue weighted by Gasteiger charge is 2.31. The summed E-state index contributed by atoms with van der Waals surface area (Å²) in [4.78, 5) is 3.82. The molecule has 6 nitrogen and oxygen atoms in total. The Morgan fingerprint density at radius 1 is 1.61 bits per heavy atom. The second-order valence-electron chi connectivity index (χ2n) is 4.61. The van der Waals surface area contributed by atoms with Crippen LogP contribution in [0.3, 0.4) is 0 Å². The van der Waals surface area contributed by atoms with Crippen molar-refractivity contribution in [2.24, 2.45) is 18.7 Å². The zero-order valence-corrected chi connectivity index (χ0v) is 11.7. The number of rotatable bonds is 4. The molecule has 1 aromatic rings. The van der Waals surface area contributed by atoms with Crippen LogP contribution in [-0.4, -0.2) is 30.6 Å². The van der Waals surface area contributed by atoms with Crippen molar-refractivity contribution < 1.29 is 8.42 Å². The summed E-state index contributed by atoms with van der Waals surface area (Å²) in [6.07, 6.45) is 4.18. The minimum absolute atomic E-state index is 0.0438. The van der Waals surface area contributed by atoms with E-state index in [4.69, 9.17) is 17.3 Å². The normalized spacial score (nSPS) is 24.6. The van der Waals surface area contributed by atoms with Crippen molar-refractivity contribution in [3.8, 4) is 0 Å². The number of nitrogens with two attached hydrogens (primary N) is 1. The van der Waals surface area contributed by atoms with Gasteiger partial charge in [0.05, 0.1) is 0 Å². The molecule has 1 aliphatic rings. The maximum atomic E-state index is 12.1. The molecule has 2 atom stereocenters. The van der Waals surface area contributed by atoms with E-state index in [9.17, 15) is 8.42 Å². The van der Waals surface area contributed by atoms with Crippen molar-refractivity contribution in [2.45, 2.75) is 30.3 Å². The van der Waals surface area contributed by atoms with Crippen LogP contribution < -0.4 is 10.5 Å². The zero-order chi connectivity index (χ0) is 13.3. The van der Waals surface area contributed by atoms with Crippen LogP contribution in [0.4, 0.5) is 0 Å². The second-order valence-corrected chi connectivity index (χ2v) is 6.61.